The Morgan fingerprint density at radius 3 is 2.83 bits per heavy atom. The zero-order valence-corrected chi connectivity index (χ0v) is 13.2. The van der Waals surface area contributed by atoms with Crippen molar-refractivity contribution in [1.29, 1.82) is 5.26 Å². The van der Waals surface area contributed by atoms with Crippen molar-refractivity contribution in [3.05, 3.63) is 59.8 Å². The van der Waals surface area contributed by atoms with E-state index < -0.39 is 0 Å². The molecule has 0 aliphatic carbocycles. The molecule has 3 rings (SSSR count). The molecule has 122 valence electrons. The van der Waals surface area contributed by atoms with Crippen LogP contribution in [0.2, 0.25) is 0 Å². The van der Waals surface area contributed by atoms with Gasteiger partial charge in [0.25, 0.3) is 0 Å². The Morgan fingerprint density at radius 2 is 2.08 bits per heavy atom. The fourth-order valence-electron chi connectivity index (χ4n) is 2.48. The second-order valence-electron chi connectivity index (χ2n) is 5.58. The second kappa shape index (κ2) is 7.47. The molecule has 6 heteroatoms. The number of amides is 2. The maximum atomic E-state index is 12.0. The van der Waals surface area contributed by atoms with Crippen molar-refractivity contribution in [3.8, 4) is 11.9 Å². The highest BCUT2D eigenvalue weighted by molar-refractivity contribution is 5.75. The number of benzene rings is 1. The first kappa shape index (κ1) is 15.8. The Hall–Kier alpha value is -3.07. The summed E-state index contributed by atoms with van der Waals surface area (Å²) in [5.41, 5.74) is 1.60. The van der Waals surface area contributed by atoms with Crippen molar-refractivity contribution < 1.29 is 9.53 Å². The molecule has 0 unspecified atom stereocenters. The number of likely N-dealkylation sites (tertiary alicyclic amines) is 1. The predicted octanol–water partition coefficient (Wildman–Crippen LogP) is 1.97. The van der Waals surface area contributed by atoms with Crippen LogP contribution >= 0.6 is 0 Å². The molecule has 2 heterocycles. The molecule has 2 amide bonds. The highest BCUT2D eigenvalue weighted by atomic mass is 16.5. The molecular weight excluding hydrogens is 304 g/mol. The zero-order valence-electron chi connectivity index (χ0n) is 13.2. The van der Waals surface area contributed by atoms with E-state index in [0.717, 1.165) is 6.42 Å². The van der Waals surface area contributed by atoms with Gasteiger partial charge < -0.3 is 15.0 Å². The maximum absolute atomic E-state index is 12.0. The van der Waals surface area contributed by atoms with E-state index in [1.54, 1.807) is 23.2 Å². The normalized spacial score (nSPS) is 13.7. The summed E-state index contributed by atoms with van der Waals surface area (Å²) in [6, 6.07) is 15.3. The molecule has 24 heavy (non-hydrogen) atoms. The Balaban J connectivity index is 1.40. The van der Waals surface area contributed by atoms with Gasteiger partial charge in [0, 0.05) is 12.7 Å². The van der Waals surface area contributed by atoms with Gasteiger partial charge >= 0.3 is 6.03 Å². The fraction of sp³-hybridized carbons (Fsp3) is 0.278. The van der Waals surface area contributed by atoms with Gasteiger partial charge in [0.2, 0.25) is 5.88 Å². The van der Waals surface area contributed by atoms with Gasteiger partial charge in [0.1, 0.15) is 17.7 Å². The van der Waals surface area contributed by atoms with Gasteiger partial charge in [-0.1, -0.05) is 30.3 Å². The van der Waals surface area contributed by atoms with Gasteiger partial charge in [-0.2, -0.15) is 5.26 Å². The van der Waals surface area contributed by atoms with Gasteiger partial charge in [0.05, 0.1) is 13.1 Å². The van der Waals surface area contributed by atoms with Crippen LogP contribution in [0.3, 0.4) is 0 Å². The molecule has 1 saturated heterocycles. The molecule has 0 atom stereocenters. The molecule has 6 nitrogen and oxygen atoms in total. The van der Waals surface area contributed by atoms with Crippen LogP contribution in [0.1, 0.15) is 11.1 Å². The number of rotatable bonds is 5. The van der Waals surface area contributed by atoms with E-state index in [4.69, 9.17) is 10.00 Å². The first-order chi connectivity index (χ1) is 11.8. The number of hydrogen-bond donors (Lipinski definition) is 1. The summed E-state index contributed by atoms with van der Waals surface area (Å²) < 4.78 is 5.67. The first-order valence-electron chi connectivity index (χ1n) is 7.85. The molecule has 1 aliphatic heterocycles. The average molecular weight is 322 g/mol. The summed E-state index contributed by atoms with van der Waals surface area (Å²) >= 11 is 0. The number of ether oxygens (including phenoxy) is 1. The highest BCUT2D eigenvalue weighted by Crippen LogP contribution is 2.19. The number of carbonyl (C=O) groups excluding carboxylic acids is 1. The molecular formula is C18H18N4O2. The van der Waals surface area contributed by atoms with Crippen molar-refractivity contribution in [2.24, 2.45) is 0 Å². The number of pyridine rings is 1. The molecule has 1 aromatic carbocycles. The van der Waals surface area contributed by atoms with E-state index in [0.29, 0.717) is 31.1 Å². The fourth-order valence-corrected chi connectivity index (χ4v) is 2.48. The lowest BCUT2D eigenvalue weighted by Gasteiger charge is -2.38. The molecule has 0 bridgehead atoms. The van der Waals surface area contributed by atoms with Crippen LogP contribution in [0, 0.1) is 11.3 Å². The third-order valence-corrected chi connectivity index (χ3v) is 3.84. The average Bonchev–Trinajstić information content (AvgIpc) is 2.59. The van der Waals surface area contributed by atoms with Crippen molar-refractivity contribution in [2.75, 3.05) is 19.6 Å². The number of nitrogens with zero attached hydrogens (tertiary/aromatic N) is 3. The number of nitrogens with one attached hydrogen (secondary N) is 1. The lowest BCUT2D eigenvalue weighted by molar-refractivity contribution is 0.0413. The Labute approximate surface area is 140 Å². The SMILES string of the molecule is N#Cc1cccnc1OC1CN(C(=O)NCCc2ccccc2)C1. The monoisotopic (exact) mass is 322 g/mol. The molecule has 0 radical (unpaired) electrons. The van der Waals surface area contributed by atoms with Gasteiger partial charge in [0.15, 0.2) is 0 Å². The number of carbonyl (C=O) groups is 1. The molecule has 2 aromatic rings. The minimum Gasteiger partial charge on any atom is -0.470 e. The number of hydrogen-bond acceptors (Lipinski definition) is 4. The summed E-state index contributed by atoms with van der Waals surface area (Å²) in [5.74, 6) is 0.328. The standard InChI is InChI=1S/C18H18N4O2/c19-11-15-7-4-9-20-17(15)24-16-12-22(13-16)18(23)21-10-8-14-5-2-1-3-6-14/h1-7,9,16H,8,10,12-13H2,(H,21,23). The van der Waals surface area contributed by atoms with Gasteiger partial charge in [-0.25, -0.2) is 9.78 Å². The molecule has 1 N–H and O–H groups in total. The van der Waals surface area contributed by atoms with Crippen molar-refractivity contribution in [2.45, 2.75) is 12.5 Å². The van der Waals surface area contributed by atoms with Crippen molar-refractivity contribution in [1.82, 2.24) is 15.2 Å². The van der Waals surface area contributed by atoms with Gasteiger partial charge in [-0.3, -0.25) is 0 Å². The summed E-state index contributed by atoms with van der Waals surface area (Å²) in [4.78, 5) is 17.8. The quantitative estimate of drug-likeness (QED) is 0.913. The van der Waals surface area contributed by atoms with E-state index in [9.17, 15) is 4.79 Å². The summed E-state index contributed by atoms with van der Waals surface area (Å²) in [6.07, 6.45) is 2.27. The predicted molar refractivity (Wildman–Crippen MR) is 88.5 cm³/mol. The van der Waals surface area contributed by atoms with E-state index in [2.05, 4.69) is 10.3 Å². The van der Waals surface area contributed by atoms with E-state index in [1.807, 2.05) is 36.4 Å². The largest absolute Gasteiger partial charge is 0.470 e. The second-order valence-corrected chi connectivity index (χ2v) is 5.58. The molecule has 1 fully saturated rings. The summed E-state index contributed by atoms with van der Waals surface area (Å²) in [5, 5.41) is 11.9. The Morgan fingerprint density at radius 1 is 1.29 bits per heavy atom. The van der Waals surface area contributed by atoms with Crippen LogP contribution in [0.4, 0.5) is 4.79 Å². The lowest BCUT2D eigenvalue weighted by atomic mass is 10.1. The van der Waals surface area contributed by atoms with Crippen LogP contribution in [0.15, 0.2) is 48.7 Å². The smallest absolute Gasteiger partial charge is 0.317 e. The molecule has 1 aliphatic rings. The van der Waals surface area contributed by atoms with Crippen molar-refractivity contribution >= 4 is 6.03 Å². The zero-order chi connectivity index (χ0) is 16.8. The number of nitriles is 1. The van der Waals surface area contributed by atoms with Gasteiger partial charge in [-0.05, 0) is 24.1 Å². The molecule has 1 aromatic heterocycles. The molecule has 0 saturated carbocycles. The van der Waals surface area contributed by atoms with E-state index in [1.165, 1.54) is 5.56 Å². The van der Waals surface area contributed by atoms with E-state index in [-0.39, 0.29) is 12.1 Å². The van der Waals surface area contributed by atoms with Gasteiger partial charge in [-0.15, -0.1) is 0 Å². The van der Waals surface area contributed by atoms with Crippen molar-refractivity contribution in [3.63, 3.8) is 0 Å². The van der Waals surface area contributed by atoms with E-state index >= 15 is 0 Å². The maximum Gasteiger partial charge on any atom is 0.317 e. The third kappa shape index (κ3) is 3.82. The third-order valence-electron chi connectivity index (χ3n) is 3.84. The molecule has 0 spiro atoms. The number of urea groups is 1. The Bertz CT molecular complexity index is 736. The topological polar surface area (TPSA) is 78.2 Å². The summed E-state index contributed by atoms with van der Waals surface area (Å²) in [7, 11) is 0. The minimum atomic E-state index is -0.119. The van der Waals surface area contributed by atoms with Crippen LogP contribution in [0.25, 0.3) is 0 Å². The summed E-state index contributed by atoms with van der Waals surface area (Å²) in [6.45, 7) is 1.60. The van der Waals surface area contributed by atoms with Crippen LogP contribution in [-0.2, 0) is 6.42 Å². The Kier molecular flexibility index (Phi) is 4.92. The van der Waals surface area contributed by atoms with Crippen LogP contribution < -0.4 is 10.1 Å². The first-order valence-corrected chi connectivity index (χ1v) is 7.85. The highest BCUT2D eigenvalue weighted by Gasteiger charge is 2.32. The number of aromatic nitrogens is 1. The van der Waals surface area contributed by atoms with Crippen LogP contribution in [-0.4, -0.2) is 41.7 Å². The lowest BCUT2D eigenvalue weighted by Crippen LogP contribution is -2.59. The van der Waals surface area contributed by atoms with Crippen LogP contribution in [0.5, 0.6) is 5.88 Å². The minimum absolute atomic E-state index is 0.0905.